The van der Waals surface area contributed by atoms with Gasteiger partial charge in [-0.1, -0.05) is 0 Å². The van der Waals surface area contributed by atoms with Gasteiger partial charge in [0.25, 0.3) is 5.91 Å². The van der Waals surface area contributed by atoms with Crippen LogP contribution in [0.25, 0.3) is 0 Å². The first kappa shape index (κ1) is 12.3. The van der Waals surface area contributed by atoms with Gasteiger partial charge in [-0.25, -0.2) is 0 Å². The standard InChI is InChI=1S/C10H11BrN4OS/c1-15-6-13-14-9(15)2-3-12-10(16)7-4-8(11)17-5-7/h4-6H,2-3H2,1H3,(H,12,16). The average Bonchev–Trinajstić information content (AvgIpc) is 2.88. The first-order valence-corrected chi connectivity index (χ1v) is 6.69. The summed E-state index contributed by atoms with van der Waals surface area (Å²) in [6, 6.07) is 1.81. The summed E-state index contributed by atoms with van der Waals surface area (Å²) in [7, 11) is 1.88. The predicted molar refractivity (Wildman–Crippen MR) is 69.1 cm³/mol. The Kier molecular flexibility index (Phi) is 3.90. The van der Waals surface area contributed by atoms with E-state index >= 15 is 0 Å². The number of hydrogen-bond acceptors (Lipinski definition) is 4. The zero-order chi connectivity index (χ0) is 12.3. The minimum absolute atomic E-state index is 0.0610. The minimum Gasteiger partial charge on any atom is -0.352 e. The van der Waals surface area contributed by atoms with Crippen molar-refractivity contribution in [3.8, 4) is 0 Å². The first-order chi connectivity index (χ1) is 8.16. The summed E-state index contributed by atoms with van der Waals surface area (Å²) in [6.07, 6.45) is 2.32. The van der Waals surface area contributed by atoms with Crippen molar-refractivity contribution in [2.24, 2.45) is 7.05 Å². The molecule has 0 unspecified atom stereocenters. The Morgan fingerprint density at radius 2 is 2.47 bits per heavy atom. The van der Waals surface area contributed by atoms with E-state index in [9.17, 15) is 4.79 Å². The molecular weight excluding hydrogens is 304 g/mol. The summed E-state index contributed by atoms with van der Waals surface area (Å²) >= 11 is 4.82. The fourth-order valence-corrected chi connectivity index (χ4v) is 2.49. The molecule has 7 heteroatoms. The van der Waals surface area contributed by atoms with E-state index in [0.29, 0.717) is 18.5 Å². The van der Waals surface area contributed by atoms with Crippen molar-refractivity contribution in [1.29, 1.82) is 0 Å². The molecule has 0 aromatic carbocycles. The van der Waals surface area contributed by atoms with Gasteiger partial charge >= 0.3 is 0 Å². The van der Waals surface area contributed by atoms with Crippen LogP contribution in [-0.4, -0.2) is 27.2 Å². The van der Waals surface area contributed by atoms with Crippen LogP contribution >= 0.6 is 27.3 Å². The molecule has 0 bridgehead atoms. The monoisotopic (exact) mass is 314 g/mol. The maximum Gasteiger partial charge on any atom is 0.252 e. The van der Waals surface area contributed by atoms with Crippen molar-refractivity contribution in [3.05, 3.63) is 32.9 Å². The fourth-order valence-electron chi connectivity index (χ4n) is 1.35. The van der Waals surface area contributed by atoms with Crippen LogP contribution in [0.15, 0.2) is 21.6 Å². The van der Waals surface area contributed by atoms with Crippen molar-refractivity contribution < 1.29 is 4.79 Å². The molecule has 2 rings (SSSR count). The van der Waals surface area contributed by atoms with Crippen LogP contribution in [-0.2, 0) is 13.5 Å². The van der Waals surface area contributed by atoms with Crippen LogP contribution in [0, 0.1) is 0 Å². The van der Waals surface area contributed by atoms with E-state index in [4.69, 9.17) is 0 Å². The third-order valence-electron chi connectivity index (χ3n) is 2.27. The van der Waals surface area contributed by atoms with Crippen LogP contribution in [0.4, 0.5) is 0 Å². The lowest BCUT2D eigenvalue weighted by atomic mass is 10.3. The molecule has 0 saturated heterocycles. The molecule has 1 N–H and O–H groups in total. The van der Waals surface area contributed by atoms with Gasteiger partial charge in [0.05, 0.1) is 9.35 Å². The number of rotatable bonds is 4. The predicted octanol–water partition coefficient (Wildman–Crippen LogP) is 1.61. The van der Waals surface area contributed by atoms with Gasteiger partial charge in [0.2, 0.25) is 0 Å². The highest BCUT2D eigenvalue weighted by molar-refractivity contribution is 9.11. The topological polar surface area (TPSA) is 59.8 Å². The maximum absolute atomic E-state index is 11.7. The van der Waals surface area contributed by atoms with Gasteiger partial charge in [-0.2, -0.15) is 0 Å². The molecule has 0 spiro atoms. The lowest BCUT2D eigenvalue weighted by molar-refractivity contribution is 0.0954. The average molecular weight is 315 g/mol. The number of aromatic nitrogens is 3. The Morgan fingerprint density at radius 3 is 3.06 bits per heavy atom. The number of thiophene rings is 1. The Bertz CT molecular complexity index is 522. The van der Waals surface area contributed by atoms with Crippen molar-refractivity contribution in [2.75, 3.05) is 6.54 Å². The van der Waals surface area contributed by atoms with Crippen molar-refractivity contribution in [3.63, 3.8) is 0 Å². The summed E-state index contributed by atoms with van der Waals surface area (Å²) in [5.74, 6) is 0.797. The van der Waals surface area contributed by atoms with Gasteiger partial charge in [0.1, 0.15) is 12.2 Å². The van der Waals surface area contributed by atoms with Crippen LogP contribution in [0.3, 0.4) is 0 Å². The molecule has 0 aliphatic rings. The van der Waals surface area contributed by atoms with Gasteiger partial charge < -0.3 is 9.88 Å². The van der Waals surface area contributed by atoms with Crippen LogP contribution < -0.4 is 5.32 Å². The van der Waals surface area contributed by atoms with E-state index in [0.717, 1.165) is 9.61 Å². The van der Waals surface area contributed by atoms with Gasteiger partial charge in [0.15, 0.2) is 0 Å². The van der Waals surface area contributed by atoms with E-state index < -0.39 is 0 Å². The second kappa shape index (κ2) is 5.42. The molecule has 2 aromatic heterocycles. The highest BCUT2D eigenvalue weighted by Gasteiger charge is 2.07. The number of nitrogens with zero attached hydrogens (tertiary/aromatic N) is 3. The first-order valence-electron chi connectivity index (χ1n) is 5.02. The zero-order valence-electron chi connectivity index (χ0n) is 9.18. The summed E-state index contributed by atoms with van der Waals surface area (Å²) in [4.78, 5) is 11.7. The van der Waals surface area contributed by atoms with Gasteiger partial charge in [-0.3, -0.25) is 4.79 Å². The number of halogens is 1. The SMILES string of the molecule is Cn1cnnc1CCNC(=O)c1csc(Br)c1. The highest BCUT2D eigenvalue weighted by Crippen LogP contribution is 2.20. The molecule has 0 aliphatic heterocycles. The molecule has 5 nitrogen and oxygen atoms in total. The molecule has 1 amide bonds. The summed E-state index contributed by atoms with van der Waals surface area (Å²) in [5.41, 5.74) is 0.680. The van der Waals surface area contributed by atoms with E-state index in [1.54, 1.807) is 6.33 Å². The molecule has 2 aromatic rings. The smallest absolute Gasteiger partial charge is 0.252 e. The highest BCUT2D eigenvalue weighted by atomic mass is 79.9. The quantitative estimate of drug-likeness (QED) is 0.932. The zero-order valence-corrected chi connectivity index (χ0v) is 11.6. The Labute approximate surface area is 111 Å². The van der Waals surface area contributed by atoms with Gasteiger partial charge in [0, 0.05) is 25.4 Å². The number of hydrogen-bond donors (Lipinski definition) is 1. The Morgan fingerprint density at radius 1 is 1.65 bits per heavy atom. The molecule has 0 radical (unpaired) electrons. The lowest BCUT2D eigenvalue weighted by Crippen LogP contribution is -2.25. The van der Waals surface area contributed by atoms with E-state index in [1.165, 1.54) is 11.3 Å². The minimum atomic E-state index is -0.0610. The van der Waals surface area contributed by atoms with Crippen molar-refractivity contribution >= 4 is 33.2 Å². The molecule has 2 heterocycles. The molecule has 17 heavy (non-hydrogen) atoms. The Hall–Kier alpha value is -1.21. The summed E-state index contributed by atoms with van der Waals surface area (Å²) < 4.78 is 2.80. The number of amides is 1. The van der Waals surface area contributed by atoms with E-state index in [-0.39, 0.29) is 5.91 Å². The molecule has 0 fully saturated rings. The van der Waals surface area contributed by atoms with Crippen molar-refractivity contribution in [1.82, 2.24) is 20.1 Å². The Balaban J connectivity index is 1.83. The second-order valence-electron chi connectivity index (χ2n) is 3.50. The van der Waals surface area contributed by atoms with Crippen LogP contribution in [0.1, 0.15) is 16.2 Å². The number of nitrogens with one attached hydrogen (secondary N) is 1. The summed E-state index contributed by atoms with van der Waals surface area (Å²) in [6.45, 7) is 0.554. The van der Waals surface area contributed by atoms with E-state index in [2.05, 4.69) is 31.4 Å². The number of carbonyl (C=O) groups is 1. The molecule has 90 valence electrons. The van der Waals surface area contributed by atoms with Gasteiger partial charge in [-0.05, 0) is 22.0 Å². The molecular formula is C10H11BrN4OS. The largest absolute Gasteiger partial charge is 0.352 e. The lowest BCUT2D eigenvalue weighted by Gasteiger charge is -2.03. The third kappa shape index (κ3) is 3.13. The van der Waals surface area contributed by atoms with Crippen molar-refractivity contribution in [2.45, 2.75) is 6.42 Å². The summed E-state index contributed by atoms with van der Waals surface area (Å²) in [5, 5.41) is 12.4. The van der Waals surface area contributed by atoms with Crippen LogP contribution in [0.2, 0.25) is 0 Å². The van der Waals surface area contributed by atoms with Crippen LogP contribution in [0.5, 0.6) is 0 Å². The number of carbonyl (C=O) groups excluding carboxylic acids is 1. The molecule has 0 saturated carbocycles. The molecule has 0 atom stereocenters. The third-order valence-corrected chi connectivity index (χ3v) is 3.77. The van der Waals surface area contributed by atoms with E-state index in [1.807, 2.05) is 23.1 Å². The normalized spacial score (nSPS) is 10.5. The molecule has 0 aliphatic carbocycles. The van der Waals surface area contributed by atoms with Gasteiger partial charge in [-0.15, -0.1) is 21.5 Å². The number of aryl methyl sites for hydroxylation is 1. The maximum atomic E-state index is 11.7. The fraction of sp³-hybridized carbons (Fsp3) is 0.300. The second-order valence-corrected chi connectivity index (χ2v) is 5.79.